The van der Waals surface area contributed by atoms with E-state index < -0.39 is 28.2 Å². The molecule has 2 heterocycles. The Morgan fingerprint density at radius 1 is 1.21 bits per heavy atom. The average Bonchev–Trinajstić information content (AvgIpc) is 2.60. The molecule has 2 amide bonds. The van der Waals surface area contributed by atoms with Crippen molar-refractivity contribution >= 4 is 28.4 Å². The van der Waals surface area contributed by atoms with Gasteiger partial charge in [0.15, 0.2) is 0 Å². The second-order valence-electron chi connectivity index (χ2n) is 8.32. The van der Waals surface area contributed by atoms with Crippen LogP contribution < -0.4 is 5.73 Å². The van der Waals surface area contributed by atoms with Gasteiger partial charge in [0, 0.05) is 47.7 Å². The molecule has 0 radical (unpaired) electrons. The number of piperidine rings is 1. The molecular formula is C19H35N3O5S. The fourth-order valence-corrected chi connectivity index (χ4v) is 4.62. The maximum absolute atomic E-state index is 12.9. The van der Waals surface area contributed by atoms with Crippen molar-refractivity contribution in [2.24, 2.45) is 22.1 Å². The molecule has 0 unspecified atom stereocenters. The minimum absolute atomic E-state index is 0. The lowest BCUT2D eigenvalue weighted by atomic mass is 9.93. The minimum atomic E-state index is -0.827. The van der Waals surface area contributed by atoms with Crippen LogP contribution in [0.3, 0.4) is 0 Å². The van der Waals surface area contributed by atoms with Crippen molar-refractivity contribution in [3.8, 4) is 0 Å². The zero-order valence-corrected chi connectivity index (χ0v) is 17.8. The molecule has 2 aliphatic heterocycles. The third kappa shape index (κ3) is 6.41. The third-order valence-corrected chi connectivity index (χ3v) is 6.48. The second kappa shape index (κ2) is 10.2. The van der Waals surface area contributed by atoms with Gasteiger partial charge in [0.1, 0.15) is 17.6 Å². The van der Waals surface area contributed by atoms with E-state index in [1.54, 1.807) is 4.90 Å². The van der Waals surface area contributed by atoms with Gasteiger partial charge in [0.2, 0.25) is 5.91 Å². The maximum Gasteiger partial charge on any atom is 0.270 e. The lowest BCUT2D eigenvalue weighted by Gasteiger charge is -2.36. The summed E-state index contributed by atoms with van der Waals surface area (Å²) in [7, 11) is -0.827. The van der Waals surface area contributed by atoms with Gasteiger partial charge in [0.25, 0.3) is 5.91 Å². The number of aliphatic hydroxyl groups is 1. The largest absolute Gasteiger partial charge is 0.512 e. The highest BCUT2D eigenvalue weighted by Gasteiger charge is 2.36. The maximum atomic E-state index is 12.9. The third-order valence-electron chi connectivity index (χ3n) is 5.10. The normalized spacial score (nSPS) is 27.1. The van der Waals surface area contributed by atoms with Crippen molar-refractivity contribution in [3.63, 3.8) is 0 Å². The summed E-state index contributed by atoms with van der Waals surface area (Å²) < 4.78 is 11.5. The van der Waals surface area contributed by atoms with Crippen LogP contribution in [0.2, 0.25) is 0 Å². The van der Waals surface area contributed by atoms with E-state index in [0.717, 1.165) is 12.8 Å². The fourth-order valence-electron chi connectivity index (χ4n) is 3.32. The van der Waals surface area contributed by atoms with E-state index in [2.05, 4.69) is 4.99 Å². The van der Waals surface area contributed by atoms with Crippen LogP contribution >= 0.6 is 0 Å². The molecular weight excluding hydrogens is 382 g/mol. The minimum Gasteiger partial charge on any atom is -0.512 e. The predicted octanol–water partition coefficient (Wildman–Crippen LogP) is 1.32. The number of allylic oxidation sites excluding steroid dienone is 1. The van der Waals surface area contributed by atoms with E-state index in [1.165, 1.54) is 6.08 Å². The summed E-state index contributed by atoms with van der Waals surface area (Å²) in [5, 5.41) is 10.0. The van der Waals surface area contributed by atoms with Crippen molar-refractivity contribution in [2.75, 3.05) is 18.1 Å². The van der Waals surface area contributed by atoms with Gasteiger partial charge in [-0.05, 0) is 32.1 Å². The second-order valence-corrected chi connectivity index (χ2v) is 10.0. The zero-order chi connectivity index (χ0) is 20.2. The van der Waals surface area contributed by atoms with Crippen LogP contribution in [0.25, 0.3) is 0 Å². The summed E-state index contributed by atoms with van der Waals surface area (Å²) in [6.07, 6.45) is 4.79. The number of hydrogen-bond acceptors (Lipinski definition) is 4. The fraction of sp³-hybridized carbons (Fsp3) is 0.737. The molecule has 2 saturated heterocycles. The molecule has 0 saturated carbocycles. The molecule has 28 heavy (non-hydrogen) atoms. The molecule has 0 aliphatic carbocycles. The van der Waals surface area contributed by atoms with Crippen molar-refractivity contribution in [1.29, 1.82) is 0 Å². The molecule has 1 atom stereocenters. The van der Waals surface area contributed by atoms with E-state index >= 15 is 0 Å². The van der Waals surface area contributed by atoms with Crippen LogP contribution in [-0.4, -0.2) is 61.4 Å². The molecule has 0 aromatic carbocycles. The van der Waals surface area contributed by atoms with Crippen LogP contribution in [-0.2, 0) is 20.4 Å². The number of carbonyl (C=O) groups is 2. The first kappa shape index (κ1) is 24.3. The first-order chi connectivity index (χ1) is 12.6. The quantitative estimate of drug-likeness (QED) is 0.404. The summed E-state index contributed by atoms with van der Waals surface area (Å²) in [5.41, 5.74) is 5.33. The molecule has 2 aliphatic rings. The summed E-state index contributed by atoms with van der Waals surface area (Å²) in [6.45, 7) is 6.01. The van der Waals surface area contributed by atoms with Gasteiger partial charge >= 0.3 is 0 Å². The SMILES string of the molecule is CC(C)(C)/C(O)=C/C(N)=NC(=O)[C@@H]1CCCCN1C(=O)C1CCS(=O)CC1.O.[HH]. The highest BCUT2D eigenvalue weighted by atomic mass is 32.2. The van der Waals surface area contributed by atoms with Crippen molar-refractivity contribution in [1.82, 2.24) is 4.90 Å². The average molecular weight is 418 g/mol. The number of amides is 2. The van der Waals surface area contributed by atoms with Crippen LogP contribution in [0.4, 0.5) is 0 Å². The molecule has 0 bridgehead atoms. The van der Waals surface area contributed by atoms with Crippen LogP contribution in [0.1, 0.15) is 54.3 Å². The predicted molar refractivity (Wildman–Crippen MR) is 112 cm³/mol. The number of rotatable bonds is 3. The molecule has 9 heteroatoms. The Labute approximate surface area is 170 Å². The number of carbonyl (C=O) groups excluding carboxylic acids is 2. The Kier molecular flexibility index (Phi) is 8.81. The monoisotopic (exact) mass is 417 g/mol. The molecule has 2 fully saturated rings. The van der Waals surface area contributed by atoms with Crippen LogP contribution in [0.5, 0.6) is 0 Å². The lowest BCUT2D eigenvalue weighted by molar-refractivity contribution is -0.144. The first-order valence-corrected chi connectivity index (χ1v) is 11.0. The van der Waals surface area contributed by atoms with E-state index in [9.17, 15) is 18.9 Å². The van der Waals surface area contributed by atoms with E-state index in [4.69, 9.17) is 5.73 Å². The highest BCUT2D eigenvalue weighted by molar-refractivity contribution is 7.85. The van der Waals surface area contributed by atoms with Gasteiger partial charge < -0.3 is 21.2 Å². The Balaban J connectivity index is 0.00000392. The Morgan fingerprint density at radius 3 is 2.39 bits per heavy atom. The molecule has 8 nitrogen and oxygen atoms in total. The van der Waals surface area contributed by atoms with Crippen LogP contribution in [0, 0.1) is 11.3 Å². The smallest absolute Gasteiger partial charge is 0.270 e. The van der Waals surface area contributed by atoms with E-state index in [1.807, 2.05) is 20.8 Å². The molecule has 5 N–H and O–H groups in total. The van der Waals surface area contributed by atoms with Crippen molar-refractivity contribution in [3.05, 3.63) is 11.8 Å². The number of likely N-dealkylation sites (tertiary alicyclic amines) is 1. The van der Waals surface area contributed by atoms with Crippen molar-refractivity contribution < 1.29 is 25.8 Å². The number of amidine groups is 1. The van der Waals surface area contributed by atoms with Gasteiger partial charge in [-0.3, -0.25) is 13.8 Å². The van der Waals surface area contributed by atoms with Gasteiger partial charge in [-0.2, -0.15) is 4.99 Å². The van der Waals surface area contributed by atoms with Gasteiger partial charge in [-0.15, -0.1) is 0 Å². The first-order valence-electron chi connectivity index (χ1n) is 9.54. The van der Waals surface area contributed by atoms with E-state index in [-0.39, 0.29) is 30.3 Å². The summed E-state index contributed by atoms with van der Waals surface area (Å²) >= 11 is 0. The van der Waals surface area contributed by atoms with Crippen LogP contribution in [0.15, 0.2) is 16.8 Å². The molecule has 0 aromatic heterocycles. The molecule has 162 valence electrons. The number of hydrogen-bond donors (Lipinski definition) is 2. The topological polar surface area (TPSA) is 145 Å². The molecule has 0 aromatic rings. The van der Waals surface area contributed by atoms with Gasteiger partial charge in [-0.1, -0.05) is 20.8 Å². The number of nitrogens with two attached hydrogens (primary N) is 1. The highest BCUT2D eigenvalue weighted by Crippen LogP contribution is 2.26. The Hall–Kier alpha value is -1.74. The van der Waals surface area contributed by atoms with Gasteiger partial charge in [0.05, 0.1) is 0 Å². The summed E-state index contributed by atoms with van der Waals surface area (Å²) in [4.78, 5) is 31.1. The summed E-state index contributed by atoms with van der Waals surface area (Å²) in [6, 6.07) is -0.609. The van der Waals surface area contributed by atoms with Gasteiger partial charge in [-0.25, -0.2) is 0 Å². The van der Waals surface area contributed by atoms with E-state index in [0.29, 0.717) is 37.3 Å². The Bertz CT molecular complexity index is 665. The summed E-state index contributed by atoms with van der Waals surface area (Å²) in [5.74, 6) is 0.434. The standard InChI is InChI=1S/C19H31N3O4S.H2O.H2/c1-19(2,3)15(23)12-16(20)21-17(24)14-6-4-5-9-22(14)18(25)13-7-10-27(26)11-8-13;;/h12-14,23H,4-11H2,1-3H3,(H2,20,21,24);1H2;1H/b15-12-;;/t13?,14-,27?;;/m0../s1. The number of aliphatic hydroxyl groups excluding tert-OH is 1. The molecule has 2 rings (SSSR count). The zero-order valence-electron chi connectivity index (χ0n) is 16.9. The number of nitrogens with zero attached hydrogens (tertiary/aromatic N) is 2. The Morgan fingerprint density at radius 2 is 1.82 bits per heavy atom. The van der Waals surface area contributed by atoms with Crippen molar-refractivity contribution in [2.45, 2.75) is 58.9 Å². The lowest BCUT2D eigenvalue weighted by Crippen LogP contribution is -2.50. The molecule has 0 spiro atoms. The number of aliphatic imine (C=N–C) groups is 1.